The average Bonchev–Trinajstić information content (AvgIpc) is 2.48. The highest BCUT2D eigenvalue weighted by Gasteiger charge is 2.31. The molecule has 1 unspecified atom stereocenters. The number of hydrogen-bond acceptors (Lipinski definition) is 3. The van der Waals surface area contributed by atoms with Crippen LogP contribution in [0.2, 0.25) is 0 Å². The van der Waals surface area contributed by atoms with Crippen molar-refractivity contribution >= 4 is 0 Å². The highest BCUT2D eigenvalue weighted by atomic mass is 19.2. The van der Waals surface area contributed by atoms with Crippen molar-refractivity contribution in [3.05, 3.63) is 64.5 Å². The van der Waals surface area contributed by atoms with Crippen LogP contribution in [0.1, 0.15) is 17.2 Å². The Hall–Kier alpha value is -2.13. The zero-order valence-corrected chi connectivity index (χ0v) is 10.1. The normalized spacial score (nSPS) is 12.5. The molecule has 0 aliphatic carbocycles. The van der Waals surface area contributed by atoms with E-state index in [9.17, 15) is 26.3 Å². The van der Waals surface area contributed by atoms with Gasteiger partial charge in [0.25, 0.3) is 0 Å². The number of hydrazine groups is 1. The Labute approximate surface area is 114 Å². The number of halogens is 6. The summed E-state index contributed by atoms with van der Waals surface area (Å²) in [7, 11) is 0. The van der Waals surface area contributed by atoms with Gasteiger partial charge in [0, 0.05) is 11.8 Å². The number of benzene rings is 1. The molecule has 1 aromatic heterocycles. The van der Waals surface area contributed by atoms with Gasteiger partial charge < -0.3 is 0 Å². The highest BCUT2D eigenvalue weighted by molar-refractivity contribution is 5.35. The molecule has 9 heteroatoms. The quantitative estimate of drug-likeness (QED) is 0.301. The van der Waals surface area contributed by atoms with Crippen LogP contribution in [0.5, 0.6) is 0 Å². The molecular formula is C12H7F6N3. The van der Waals surface area contributed by atoms with Crippen molar-refractivity contribution in [1.29, 1.82) is 0 Å². The van der Waals surface area contributed by atoms with Crippen LogP contribution in [-0.4, -0.2) is 4.98 Å². The minimum absolute atomic E-state index is 0.421. The van der Waals surface area contributed by atoms with Crippen LogP contribution in [0.4, 0.5) is 26.3 Å². The molecule has 2 rings (SSSR count). The molecule has 0 amide bonds. The number of nitrogens with one attached hydrogen (secondary N) is 1. The van der Waals surface area contributed by atoms with E-state index < -0.39 is 52.1 Å². The van der Waals surface area contributed by atoms with Crippen LogP contribution in [-0.2, 0) is 0 Å². The summed E-state index contributed by atoms with van der Waals surface area (Å²) < 4.78 is 80.3. The second-order valence-corrected chi connectivity index (χ2v) is 3.98. The van der Waals surface area contributed by atoms with E-state index in [0.29, 0.717) is 6.20 Å². The molecule has 0 spiro atoms. The van der Waals surface area contributed by atoms with Crippen molar-refractivity contribution in [3.8, 4) is 0 Å². The SMILES string of the molecule is NNC(c1ccncc1F)c1c(F)c(F)c(F)c(F)c1F. The molecule has 3 N–H and O–H groups in total. The van der Waals surface area contributed by atoms with Crippen molar-refractivity contribution < 1.29 is 26.3 Å². The van der Waals surface area contributed by atoms with Crippen molar-refractivity contribution in [3.63, 3.8) is 0 Å². The van der Waals surface area contributed by atoms with Gasteiger partial charge in [0.1, 0.15) is 5.82 Å². The summed E-state index contributed by atoms with van der Waals surface area (Å²) >= 11 is 0. The first kappa shape index (κ1) is 15.3. The van der Waals surface area contributed by atoms with Crippen molar-refractivity contribution in [1.82, 2.24) is 10.4 Å². The smallest absolute Gasteiger partial charge is 0.200 e. The van der Waals surface area contributed by atoms with Gasteiger partial charge in [-0.3, -0.25) is 10.8 Å². The van der Waals surface area contributed by atoms with Gasteiger partial charge in [-0.25, -0.2) is 31.8 Å². The van der Waals surface area contributed by atoms with E-state index in [2.05, 4.69) is 4.98 Å². The third kappa shape index (κ3) is 2.45. The molecule has 1 heterocycles. The summed E-state index contributed by atoms with van der Waals surface area (Å²) in [4.78, 5) is 3.41. The molecule has 21 heavy (non-hydrogen) atoms. The van der Waals surface area contributed by atoms with E-state index in [1.165, 1.54) is 0 Å². The first-order valence-electron chi connectivity index (χ1n) is 5.47. The summed E-state index contributed by atoms with van der Waals surface area (Å²) in [5, 5.41) is 0. The Bertz CT molecular complexity index is 662. The van der Waals surface area contributed by atoms with Gasteiger partial charge >= 0.3 is 0 Å². The molecule has 1 atom stereocenters. The Morgan fingerprint density at radius 2 is 1.43 bits per heavy atom. The van der Waals surface area contributed by atoms with E-state index in [4.69, 9.17) is 5.84 Å². The van der Waals surface area contributed by atoms with E-state index in [-0.39, 0.29) is 0 Å². The van der Waals surface area contributed by atoms with Gasteiger partial charge in [-0.2, -0.15) is 0 Å². The number of nitrogens with two attached hydrogens (primary N) is 1. The van der Waals surface area contributed by atoms with E-state index in [0.717, 1.165) is 12.3 Å². The standard InChI is InChI=1S/C12H7F6N3/c13-5-3-20-2-1-4(5)12(21-19)6-7(14)9(16)11(18)10(17)8(6)15/h1-3,12,21H,19H2. The molecular weight excluding hydrogens is 300 g/mol. The number of hydrogen-bond donors (Lipinski definition) is 2. The predicted molar refractivity (Wildman–Crippen MR) is 59.6 cm³/mol. The summed E-state index contributed by atoms with van der Waals surface area (Å²) in [6.45, 7) is 0. The summed E-state index contributed by atoms with van der Waals surface area (Å²) in [6, 6.07) is -0.782. The Balaban J connectivity index is 2.73. The fourth-order valence-corrected chi connectivity index (χ4v) is 1.82. The van der Waals surface area contributed by atoms with E-state index in [1.807, 2.05) is 5.43 Å². The van der Waals surface area contributed by atoms with Crippen molar-refractivity contribution in [2.75, 3.05) is 0 Å². The molecule has 0 saturated carbocycles. The summed E-state index contributed by atoms with van der Waals surface area (Å²) in [5.74, 6) is -6.72. The second kappa shape index (κ2) is 5.70. The number of rotatable bonds is 3. The molecule has 0 bridgehead atoms. The Morgan fingerprint density at radius 3 is 1.90 bits per heavy atom. The lowest BCUT2D eigenvalue weighted by molar-refractivity contribution is 0.361. The van der Waals surface area contributed by atoms with E-state index in [1.54, 1.807) is 0 Å². The topological polar surface area (TPSA) is 50.9 Å². The minimum Gasteiger partial charge on any atom is -0.271 e. The highest BCUT2D eigenvalue weighted by Crippen LogP contribution is 2.31. The van der Waals surface area contributed by atoms with Gasteiger partial charge in [0.05, 0.1) is 17.8 Å². The molecule has 2 aromatic rings. The average molecular weight is 307 g/mol. The number of pyridine rings is 1. The third-order valence-electron chi connectivity index (χ3n) is 2.81. The van der Waals surface area contributed by atoms with Gasteiger partial charge in [-0.1, -0.05) is 0 Å². The van der Waals surface area contributed by atoms with Crippen LogP contribution in [0.15, 0.2) is 18.5 Å². The third-order valence-corrected chi connectivity index (χ3v) is 2.81. The van der Waals surface area contributed by atoms with Crippen molar-refractivity contribution in [2.24, 2.45) is 5.84 Å². The Kier molecular flexibility index (Phi) is 4.14. The first-order chi connectivity index (χ1) is 9.90. The molecule has 0 fully saturated rings. The van der Waals surface area contributed by atoms with Crippen LogP contribution in [0.3, 0.4) is 0 Å². The van der Waals surface area contributed by atoms with Gasteiger partial charge in [-0.05, 0) is 6.07 Å². The van der Waals surface area contributed by atoms with Crippen LogP contribution >= 0.6 is 0 Å². The number of aromatic nitrogens is 1. The number of nitrogens with zero attached hydrogens (tertiary/aromatic N) is 1. The van der Waals surface area contributed by atoms with E-state index >= 15 is 0 Å². The zero-order valence-electron chi connectivity index (χ0n) is 10.1. The lowest BCUT2D eigenvalue weighted by Gasteiger charge is -2.19. The van der Waals surface area contributed by atoms with Gasteiger partial charge in [0.2, 0.25) is 5.82 Å². The lowest BCUT2D eigenvalue weighted by atomic mass is 9.98. The monoisotopic (exact) mass is 307 g/mol. The largest absolute Gasteiger partial charge is 0.271 e. The molecule has 0 saturated heterocycles. The maximum absolute atomic E-state index is 13.7. The molecule has 0 radical (unpaired) electrons. The first-order valence-corrected chi connectivity index (χ1v) is 5.47. The lowest BCUT2D eigenvalue weighted by Crippen LogP contribution is -2.32. The maximum atomic E-state index is 13.7. The zero-order chi connectivity index (χ0) is 15.7. The molecule has 0 aliphatic rings. The van der Waals surface area contributed by atoms with Crippen LogP contribution in [0, 0.1) is 34.9 Å². The molecule has 112 valence electrons. The van der Waals surface area contributed by atoms with Crippen molar-refractivity contribution in [2.45, 2.75) is 6.04 Å². The summed E-state index contributed by atoms with van der Waals surface area (Å²) in [5.41, 5.74) is 0.128. The predicted octanol–water partition coefficient (Wildman–Crippen LogP) is 2.47. The molecule has 0 aliphatic heterocycles. The van der Waals surface area contributed by atoms with Gasteiger partial charge in [0.15, 0.2) is 23.3 Å². The fourth-order valence-electron chi connectivity index (χ4n) is 1.82. The summed E-state index contributed by atoms with van der Waals surface area (Å²) in [6.07, 6.45) is 1.79. The molecule has 1 aromatic carbocycles. The van der Waals surface area contributed by atoms with Gasteiger partial charge in [-0.15, -0.1) is 0 Å². The molecule has 3 nitrogen and oxygen atoms in total. The Morgan fingerprint density at radius 1 is 0.905 bits per heavy atom. The fraction of sp³-hybridized carbons (Fsp3) is 0.0833. The second-order valence-electron chi connectivity index (χ2n) is 3.98. The van der Waals surface area contributed by atoms with Crippen LogP contribution in [0.25, 0.3) is 0 Å². The minimum atomic E-state index is -2.31. The maximum Gasteiger partial charge on any atom is 0.200 e. The van der Waals surface area contributed by atoms with Crippen LogP contribution < -0.4 is 11.3 Å².